The van der Waals surface area contributed by atoms with Gasteiger partial charge in [-0.05, 0) is 12.0 Å². The van der Waals surface area contributed by atoms with Crippen molar-refractivity contribution in [2.75, 3.05) is 46.4 Å². The van der Waals surface area contributed by atoms with E-state index in [-0.39, 0.29) is 34.6 Å². The molecule has 2 aliphatic heterocycles. The van der Waals surface area contributed by atoms with Crippen molar-refractivity contribution in [3.63, 3.8) is 0 Å². The zero-order chi connectivity index (χ0) is 17.6. The van der Waals surface area contributed by atoms with Gasteiger partial charge in [-0.2, -0.15) is 0 Å². The number of halogens is 1. The van der Waals surface area contributed by atoms with Gasteiger partial charge in [-0.3, -0.25) is 20.0 Å². The topological polar surface area (TPSA) is 83.2 Å². The van der Waals surface area contributed by atoms with Gasteiger partial charge in [0.1, 0.15) is 0 Å². The second-order valence-corrected chi connectivity index (χ2v) is 6.36. The van der Waals surface area contributed by atoms with Crippen molar-refractivity contribution in [2.24, 2.45) is 4.99 Å². The molecule has 1 N–H and O–H groups in total. The van der Waals surface area contributed by atoms with Crippen LogP contribution in [0.1, 0.15) is 12.0 Å². The number of nitrogens with one attached hydrogen (secondary N) is 1. The van der Waals surface area contributed by atoms with E-state index in [4.69, 9.17) is 4.74 Å². The fourth-order valence-electron chi connectivity index (χ4n) is 3.47. The molecule has 2 heterocycles. The first-order chi connectivity index (χ1) is 12.2. The van der Waals surface area contributed by atoms with E-state index in [0.717, 1.165) is 57.3 Å². The van der Waals surface area contributed by atoms with E-state index in [1.54, 1.807) is 19.2 Å². The van der Waals surface area contributed by atoms with Crippen LogP contribution >= 0.6 is 24.0 Å². The molecule has 8 nitrogen and oxygen atoms in total. The molecular weight excluding hydrogens is 449 g/mol. The van der Waals surface area contributed by atoms with Crippen LogP contribution in [0.15, 0.2) is 29.3 Å². The van der Waals surface area contributed by atoms with Crippen molar-refractivity contribution in [3.8, 4) is 0 Å². The van der Waals surface area contributed by atoms with Crippen LogP contribution in [0.3, 0.4) is 0 Å². The number of non-ortho nitro benzene ring substituents is 1. The summed E-state index contributed by atoms with van der Waals surface area (Å²) in [5.74, 6) is 0.849. The quantitative estimate of drug-likeness (QED) is 0.235. The number of aliphatic imine (C=N–C) groups is 1. The number of hydrogen-bond donors (Lipinski definition) is 1. The summed E-state index contributed by atoms with van der Waals surface area (Å²) in [6, 6.07) is 7.24. The number of benzene rings is 1. The molecule has 0 aliphatic carbocycles. The van der Waals surface area contributed by atoms with Crippen molar-refractivity contribution < 1.29 is 9.66 Å². The Morgan fingerprint density at radius 2 is 2.15 bits per heavy atom. The minimum atomic E-state index is -0.369. The molecule has 0 amide bonds. The maximum atomic E-state index is 10.9. The van der Waals surface area contributed by atoms with Gasteiger partial charge in [0.25, 0.3) is 5.69 Å². The van der Waals surface area contributed by atoms with Gasteiger partial charge in [0.05, 0.1) is 18.1 Å². The summed E-state index contributed by atoms with van der Waals surface area (Å²) in [4.78, 5) is 19.6. The molecule has 2 fully saturated rings. The maximum absolute atomic E-state index is 10.9. The van der Waals surface area contributed by atoms with E-state index < -0.39 is 0 Å². The number of likely N-dealkylation sites (tertiary alicyclic amines) is 1. The van der Waals surface area contributed by atoms with E-state index in [0.29, 0.717) is 12.6 Å². The van der Waals surface area contributed by atoms with E-state index in [1.807, 2.05) is 6.07 Å². The van der Waals surface area contributed by atoms with E-state index in [2.05, 4.69) is 20.1 Å². The molecule has 1 aromatic carbocycles. The monoisotopic (exact) mass is 475 g/mol. The molecule has 0 aromatic heterocycles. The molecule has 26 heavy (non-hydrogen) atoms. The standard InChI is InChI=1S/C17H25N5O3.HI/c1-18-17(19-12-14-3-2-4-15(11-14)22(23)24)21-6-5-16(13-21)20-7-9-25-10-8-20;/h2-4,11,16H,5-10,12-13H2,1H3,(H,18,19);1H. The van der Waals surface area contributed by atoms with Crippen LogP contribution in [0.4, 0.5) is 5.69 Å². The number of nitrogens with zero attached hydrogens (tertiary/aromatic N) is 4. The van der Waals surface area contributed by atoms with Crippen LogP contribution in [0.25, 0.3) is 0 Å². The molecule has 2 saturated heterocycles. The largest absolute Gasteiger partial charge is 0.379 e. The minimum absolute atomic E-state index is 0. The fourth-order valence-corrected chi connectivity index (χ4v) is 3.47. The zero-order valence-corrected chi connectivity index (χ0v) is 17.3. The van der Waals surface area contributed by atoms with Gasteiger partial charge in [-0.25, -0.2) is 0 Å². The van der Waals surface area contributed by atoms with Crippen LogP contribution in [-0.4, -0.2) is 73.2 Å². The van der Waals surface area contributed by atoms with Gasteiger partial charge in [-0.1, -0.05) is 12.1 Å². The summed E-state index contributed by atoms with van der Waals surface area (Å²) < 4.78 is 5.43. The van der Waals surface area contributed by atoms with Crippen LogP contribution in [0, 0.1) is 10.1 Å². The third-order valence-corrected chi connectivity index (χ3v) is 4.81. The summed E-state index contributed by atoms with van der Waals surface area (Å²) in [5.41, 5.74) is 0.988. The molecule has 9 heteroatoms. The molecule has 1 aromatic rings. The molecular formula is C17H26IN5O3. The number of hydrogen-bond acceptors (Lipinski definition) is 5. The normalized spacial score (nSPS) is 21.3. The Morgan fingerprint density at radius 3 is 2.85 bits per heavy atom. The first-order valence-corrected chi connectivity index (χ1v) is 8.68. The van der Waals surface area contributed by atoms with Crippen LogP contribution in [0.5, 0.6) is 0 Å². The summed E-state index contributed by atoms with van der Waals surface area (Å²) in [6.45, 7) is 6.07. The van der Waals surface area contributed by atoms with Crippen molar-refractivity contribution in [2.45, 2.75) is 19.0 Å². The zero-order valence-electron chi connectivity index (χ0n) is 15.0. The third-order valence-electron chi connectivity index (χ3n) is 4.81. The Kier molecular flexibility index (Phi) is 8.04. The van der Waals surface area contributed by atoms with Gasteiger partial charge < -0.3 is 15.0 Å². The summed E-state index contributed by atoms with van der Waals surface area (Å²) >= 11 is 0. The molecule has 144 valence electrons. The predicted octanol–water partition coefficient (Wildman–Crippen LogP) is 1.69. The SMILES string of the molecule is CN=C(NCc1cccc([N+](=O)[O-])c1)N1CCC(N2CCOCC2)C1.I. The van der Waals surface area contributed by atoms with E-state index in [1.165, 1.54) is 6.07 Å². The highest BCUT2D eigenvalue weighted by atomic mass is 127. The van der Waals surface area contributed by atoms with Gasteiger partial charge >= 0.3 is 0 Å². The van der Waals surface area contributed by atoms with Crippen LogP contribution in [-0.2, 0) is 11.3 Å². The molecule has 3 rings (SSSR count). The Labute approximate surface area is 170 Å². The van der Waals surface area contributed by atoms with Crippen molar-refractivity contribution in [1.29, 1.82) is 0 Å². The first-order valence-electron chi connectivity index (χ1n) is 8.68. The lowest BCUT2D eigenvalue weighted by Crippen LogP contribution is -2.46. The highest BCUT2D eigenvalue weighted by molar-refractivity contribution is 14.0. The smallest absolute Gasteiger partial charge is 0.269 e. The van der Waals surface area contributed by atoms with Crippen molar-refractivity contribution in [3.05, 3.63) is 39.9 Å². The first kappa shape index (κ1) is 20.8. The van der Waals surface area contributed by atoms with Gasteiger partial charge in [-0.15, -0.1) is 24.0 Å². The van der Waals surface area contributed by atoms with E-state index in [9.17, 15) is 10.1 Å². The lowest BCUT2D eigenvalue weighted by atomic mass is 10.2. The molecule has 0 bridgehead atoms. The van der Waals surface area contributed by atoms with Gasteiger partial charge in [0.2, 0.25) is 0 Å². The number of nitro groups is 1. The van der Waals surface area contributed by atoms with Gasteiger partial charge in [0, 0.05) is 57.9 Å². The minimum Gasteiger partial charge on any atom is -0.379 e. The average molecular weight is 475 g/mol. The lowest BCUT2D eigenvalue weighted by molar-refractivity contribution is -0.384. The highest BCUT2D eigenvalue weighted by Gasteiger charge is 2.30. The number of guanidine groups is 1. The molecule has 1 unspecified atom stereocenters. The maximum Gasteiger partial charge on any atom is 0.269 e. The van der Waals surface area contributed by atoms with Crippen molar-refractivity contribution >= 4 is 35.6 Å². The fraction of sp³-hybridized carbons (Fsp3) is 0.588. The number of rotatable bonds is 4. The summed E-state index contributed by atoms with van der Waals surface area (Å²) in [7, 11) is 1.78. The second-order valence-electron chi connectivity index (χ2n) is 6.36. The second kappa shape index (κ2) is 10.0. The molecule has 0 saturated carbocycles. The van der Waals surface area contributed by atoms with Crippen LogP contribution < -0.4 is 5.32 Å². The molecule has 2 aliphatic rings. The van der Waals surface area contributed by atoms with Gasteiger partial charge in [0.15, 0.2) is 5.96 Å². The number of morpholine rings is 1. The Hall–Kier alpha value is -1.46. The Morgan fingerprint density at radius 1 is 1.38 bits per heavy atom. The Bertz CT molecular complexity index is 637. The highest BCUT2D eigenvalue weighted by Crippen LogP contribution is 2.17. The molecule has 1 atom stereocenters. The third kappa shape index (κ3) is 5.27. The summed E-state index contributed by atoms with van der Waals surface area (Å²) in [5, 5.41) is 14.2. The molecule has 0 spiro atoms. The van der Waals surface area contributed by atoms with Crippen LogP contribution in [0.2, 0.25) is 0 Å². The Balaban J connectivity index is 0.00000243. The van der Waals surface area contributed by atoms with E-state index >= 15 is 0 Å². The summed E-state index contributed by atoms with van der Waals surface area (Å²) in [6.07, 6.45) is 1.12. The molecule has 0 radical (unpaired) electrons. The predicted molar refractivity (Wildman–Crippen MR) is 111 cm³/mol. The number of ether oxygens (including phenoxy) is 1. The number of nitro benzene ring substituents is 1. The van der Waals surface area contributed by atoms with Crippen molar-refractivity contribution in [1.82, 2.24) is 15.1 Å². The lowest BCUT2D eigenvalue weighted by Gasteiger charge is -2.32. The average Bonchev–Trinajstić information content (AvgIpc) is 3.13.